The van der Waals surface area contributed by atoms with Crippen LogP contribution in [0.15, 0.2) is 22.8 Å². The van der Waals surface area contributed by atoms with E-state index in [0.717, 1.165) is 16.6 Å². The molecule has 0 aromatic carbocycles. The Labute approximate surface area is 103 Å². The Bertz CT molecular complexity index is 304. The number of hydrogen-bond donors (Lipinski definition) is 0. The third-order valence-corrected chi connectivity index (χ3v) is 4.57. The van der Waals surface area contributed by atoms with Gasteiger partial charge in [-0.3, -0.25) is 4.98 Å². The first-order chi connectivity index (χ1) is 6.41. The lowest BCUT2D eigenvalue weighted by Crippen LogP contribution is -2.23. The maximum atomic E-state index is 4.35. The van der Waals surface area contributed by atoms with Gasteiger partial charge in [-0.05, 0) is 33.5 Å². The maximum Gasteiger partial charge on any atom is 0.0556 e. The van der Waals surface area contributed by atoms with Crippen LogP contribution in [-0.2, 0) is 6.42 Å². The molecule has 1 atom stereocenters. The monoisotopic (exact) mass is 319 g/mol. The Morgan fingerprint density at radius 1 is 1.43 bits per heavy atom. The SMILES string of the molecule is CC(C)(C)C(Br)Cc1ncccc1Br. The topological polar surface area (TPSA) is 12.9 Å². The van der Waals surface area contributed by atoms with E-state index in [4.69, 9.17) is 0 Å². The van der Waals surface area contributed by atoms with Crippen molar-refractivity contribution in [2.45, 2.75) is 32.0 Å². The quantitative estimate of drug-likeness (QED) is 0.744. The summed E-state index contributed by atoms with van der Waals surface area (Å²) in [5.74, 6) is 0. The molecule has 1 unspecified atom stereocenters. The zero-order valence-electron chi connectivity index (χ0n) is 8.72. The van der Waals surface area contributed by atoms with Gasteiger partial charge >= 0.3 is 0 Å². The molecule has 14 heavy (non-hydrogen) atoms. The van der Waals surface area contributed by atoms with Crippen LogP contribution in [0.3, 0.4) is 0 Å². The van der Waals surface area contributed by atoms with E-state index in [0.29, 0.717) is 4.83 Å². The van der Waals surface area contributed by atoms with Crippen molar-refractivity contribution in [2.24, 2.45) is 5.41 Å². The van der Waals surface area contributed by atoms with E-state index in [2.05, 4.69) is 57.6 Å². The van der Waals surface area contributed by atoms with Crippen molar-refractivity contribution in [3.63, 3.8) is 0 Å². The van der Waals surface area contributed by atoms with E-state index in [1.165, 1.54) is 0 Å². The van der Waals surface area contributed by atoms with Crippen LogP contribution in [0, 0.1) is 5.41 Å². The highest BCUT2D eigenvalue weighted by molar-refractivity contribution is 9.10. The molecule has 1 rings (SSSR count). The third kappa shape index (κ3) is 3.35. The zero-order chi connectivity index (χ0) is 10.8. The van der Waals surface area contributed by atoms with Crippen molar-refractivity contribution in [2.75, 3.05) is 0 Å². The van der Waals surface area contributed by atoms with Gasteiger partial charge in [0.15, 0.2) is 0 Å². The fraction of sp³-hybridized carbons (Fsp3) is 0.545. The van der Waals surface area contributed by atoms with Gasteiger partial charge in [0.2, 0.25) is 0 Å². The Hall–Kier alpha value is 0.110. The fourth-order valence-electron chi connectivity index (χ4n) is 1.04. The standard InChI is InChI=1S/C11H15Br2N/c1-11(2,3)10(13)7-9-8(12)5-4-6-14-9/h4-6,10H,7H2,1-3H3. The molecular formula is C11H15Br2N. The molecule has 0 aliphatic carbocycles. The van der Waals surface area contributed by atoms with E-state index in [1.54, 1.807) is 0 Å². The lowest BCUT2D eigenvalue weighted by Gasteiger charge is -2.25. The van der Waals surface area contributed by atoms with Gasteiger partial charge in [0.1, 0.15) is 0 Å². The van der Waals surface area contributed by atoms with Crippen LogP contribution in [0.25, 0.3) is 0 Å². The summed E-state index contributed by atoms with van der Waals surface area (Å²) in [6, 6.07) is 3.97. The molecule has 0 amide bonds. The summed E-state index contributed by atoms with van der Waals surface area (Å²) in [5.41, 5.74) is 1.38. The summed E-state index contributed by atoms with van der Waals surface area (Å²) in [5, 5.41) is 0. The van der Waals surface area contributed by atoms with Gasteiger partial charge < -0.3 is 0 Å². The predicted octanol–water partition coefficient (Wildman–Crippen LogP) is 4.20. The number of aromatic nitrogens is 1. The molecule has 0 aliphatic heterocycles. The largest absolute Gasteiger partial charge is 0.260 e. The van der Waals surface area contributed by atoms with E-state index in [-0.39, 0.29) is 5.41 Å². The molecule has 0 saturated carbocycles. The normalized spacial score (nSPS) is 14.1. The lowest BCUT2D eigenvalue weighted by molar-refractivity contribution is 0.396. The average molecular weight is 321 g/mol. The third-order valence-electron chi connectivity index (χ3n) is 2.15. The van der Waals surface area contributed by atoms with Gasteiger partial charge in [-0.15, -0.1) is 0 Å². The van der Waals surface area contributed by atoms with Crippen molar-refractivity contribution < 1.29 is 0 Å². The van der Waals surface area contributed by atoms with Crippen LogP contribution in [0.4, 0.5) is 0 Å². The van der Waals surface area contributed by atoms with Crippen LogP contribution in [0.1, 0.15) is 26.5 Å². The van der Waals surface area contributed by atoms with Crippen LogP contribution in [0.2, 0.25) is 0 Å². The Morgan fingerprint density at radius 3 is 2.57 bits per heavy atom. The summed E-state index contributed by atoms with van der Waals surface area (Å²) in [7, 11) is 0. The second-order valence-corrected chi connectivity index (χ2v) is 6.43. The predicted molar refractivity (Wildman–Crippen MR) is 67.8 cm³/mol. The van der Waals surface area contributed by atoms with E-state index in [9.17, 15) is 0 Å². The molecule has 0 spiro atoms. The van der Waals surface area contributed by atoms with Crippen LogP contribution in [0.5, 0.6) is 0 Å². The molecule has 0 aliphatic rings. The van der Waals surface area contributed by atoms with Gasteiger partial charge in [0.05, 0.1) is 5.69 Å². The molecule has 0 radical (unpaired) electrons. The molecule has 1 aromatic rings. The molecule has 78 valence electrons. The minimum atomic E-state index is 0.261. The number of hydrogen-bond acceptors (Lipinski definition) is 1. The van der Waals surface area contributed by atoms with Crippen molar-refractivity contribution in [3.05, 3.63) is 28.5 Å². The minimum Gasteiger partial charge on any atom is -0.260 e. The molecule has 0 fully saturated rings. The number of rotatable bonds is 2. The molecule has 3 heteroatoms. The van der Waals surface area contributed by atoms with Gasteiger partial charge in [-0.2, -0.15) is 0 Å². The van der Waals surface area contributed by atoms with Crippen molar-refractivity contribution in [1.29, 1.82) is 0 Å². The Morgan fingerprint density at radius 2 is 2.07 bits per heavy atom. The van der Waals surface area contributed by atoms with Gasteiger partial charge in [0, 0.05) is 21.9 Å². The maximum absolute atomic E-state index is 4.35. The van der Waals surface area contributed by atoms with E-state index < -0.39 is 0 Å². The zero-order valence-corrected chi connectivity index (χ0v) is 11.9. The van der Waals surface area contributed by atoms with Gasteiger partial charge in [-0.1, -0.05) is 36.7 Å². The second kappa shape index (κ2) is 4.75. The molecule has 1 heterocycles. The molecular weight excluding hydrogens is 306 g/mol. The summed E-state index contributed by atoms with van der Waals surface area (Å²) >= 11 is 7.22. The van der Waals surface area contributed by atoms with Crippen molar-refractivity contribution >= 4 is 31.9 Å². The first kappa shape index (κ1) is 12.2. The van der Waals surface area contributed by atoms with Crippen LogP contribution in [-0.4, -0.2) is 9.81 Å². The smallest absolute Gasteiger partial charge is 0.0556 e. The molecule has 0 N–H and O–H groups in total. The first-order valence-electron chi connectivity index (χ1n) is 4.64. The van der Waals surface area contributed by atoms with Crippen LogP contribution < -0.4 is 0 Å². The summed E-state index contributed by atoms with van der Waals surface area (Å²) in [6.45, 7) is 6.68. The molecule has 1 aromatic heterocycles. The minimum absolute atomic E-state index is 0.261. The summed E-state index contributed by atoms with van der Waals surface area (Å²) in [4.78, 5) is 4.80. The number of pyridine rings is 1. The lowest BCUT2D eigenvalue weighted by atomic mass is 9.89. The number of nitrogens with zero attached hydrogens (tertiary/aromatic N) is 1. The highest BCUT2D eigenvalue weighted by atomic mass is 79.9. The molecule has 0 saturated heterocycles. The Kier molecular flexibility index (Phi) is 4.14. The summed E-state index contributed by atoms with van der Waals surface area (Å²) in [6.07, 6.45) is 2.79. The van der Waals surface area contributed by atoms with Gasteiger partial charge in [0.25, 0.3) is 0 Å². The number of alkyl halides is 1. The van der Waals surface area contributed by atoms with Crippen molar-refractivity contribution in [3.8, 4) is 0 Å². The number of halogens is 2. The molecule has 1 nitrogen and oxygen atoms in total. The molecule has 0 bridgehead atoms. The van der Waals surface area contributed by atoms with E-state index in [1.807, 2.05) is 18.3 Å². The average Bonchev–Trinajstić information content (AvgIpc) is 2.07. The van der Waals surface area contributed by atoms with Gasteiger partial charge in [-0.25, -0.2) is 0 Å². The Balaban J connectivity index is 2.75. The summed E-state index contributed by atoms with van der Waals surface area (Å²) < 4.78 is 1.09. The second-order valence-electron chi connectivity index (χ2n) is 4.47. The van der Waals surface area contributed by atoms with E-state index >= 15 is 0 Å². The highest BCUT2D eigenvalue weighted by Gasteiger charge is 2.22. The van der Waals surface area contributed by atoms with Crippen molar-refractivity contribution in [1.82, 2.24) is 4.98 Å². The first-order valence-corrected chi connectivity index (χ1v) is 6.35. The highest BCUT2D eigenvalue weighted by Crippen LogP contribution is 2.30. The van der Waals surface area contributed by atoms with Crippen LogP contribution >= 0.6 is 31.9 Å². The fourth-order valence-corrected chi connectivity index (χ4v) is 1.77.